The molecule has 2 nitrogen and oxygen atoms in total. The van der Waals surface area contributed by atoms with Gasteiger partial charge >= 0.3 is 6.36 Å². The summed E-state index contributed by atoms with van der Waals surface area (Å²) >= 11 is 0. The minimum atomic E-state index is -4.66. The van der Waals surface area contributed by atoms with Gasteiger partial charge in [-0.15, -0.1) is 13.2 Å². The van der Waals surface area contributed by atoms with Crippen molar-refractivity contribution in [1.29, 1.82) is 0 Å². The summed E-state index contributed by atoms with van der Waals surface area (Å²) in [5.41, 5.74) is 2.54. The lowest BCUT2D eigenvalue weighted by Gasteiger charge is -2.28. The first kappa shape index (κ1) is 13.9. The first-order valence-electron chi connectivity index (χ1n) is 6.68. The molecule has 3 rings (SSSR count). The molecular weight excluding hydrogens is 279 g/mol. The van der Waals surface area contributed by atoms with Crippen molar-refractivity contribution in [3.05, 3.63) is 65.2 Å². The van der Waals surface area contributed by atoms with Crippen molar-refractivity contribution in [3.63, 3.8) is 0 Å². The third-order valence-corrected chi connectivity index (χ3v) is 3.60. The summed E-state index contributed by atoms with van der Waals surface area (Å²) in [5, 5.41) is 3.34. The minimum Gasteiger partial charge on any atom is -0.405 e. The van der Waals surface area contributed by atoms with Crippen molar-refractivity contribution in [2.24, 2.45) is 0 Å². The Hall–Kier alpha value is -2.01. The van der Waals surface area contributed by atoms with Crippen LogP contribution in [0.3, 0.4) is 0 Å². The van der Waals surface area contributed by atoms with Crippen molar-refractivity contribution in [2.75, 3.05) is 0 Å². The molecule has 0 fully saturated rings. The van der Waals surface area contributed by atoms with Crippen molar-refractivity contribution in [2.45, 2.75) is 25.4 Å². The molecule has 5 heteroatoms. The van der Waals surface area contributed by atoms with Crippen LogP contribution in [0.4, 0.5) is 13.2 Å². The van der Waals surface area contributed by atoms with Crippen LogP contribution in [0.25, 0.3) is 0 Å². The standard InChI is InChI=1S/C16H14F3NO/c17-16(18,19)21-15-8-4-7-12-10-20-14(9-13(12)15)11-5-2-1-3-6-11/h1-8,14,20H,9-10H2. The molecule has 1 aliphatic heterocycles. The van der Waals surface area contributed by atoms with Crippen molar-refractivity contribution >= 4 is 0 Å². The predicted octanol–water partition coefficient (Wildman–Crippen LogP) is 3.97. The molecule has 1 atom stereocenters. The van der Waals surface area contributed by atoms with Crippen LogP contribution in [0, 0.1) is 0 Å². The molecular formula is C16H14F3NO. The van der Waals surface area contributed by atoms with E-state index in [0.29, 0.717) is 18.5 Å². The number of hydrogen-bond donors (Lipinski definition) is 1. The van der Waals surface area contributed by atoms with Gasteiger partial charge in [-0.3, -0.25) is 0 Å². The molecule has 0 aliphatic carbocycles. The molecule has 1 heterocycles. The highest BCUT2D eigenvalue weighted by atomic mass is 19.4. The molecule has 2 aromatic rings. The summed E-state index contributed by atoms with van der Waals surface area (Å²) in [6, 6.07) is 14.5. The van der Waals surface area contributed by atoms with Crippen LogP contribution in [-0.2, 0) is 13.0 Å². The Balaban J connectivity index is 1.90. The maximum Gasteiger partial charge on any atom is 0.573 e. The van der Waals surface area contributed by atoms with E-state index in [0.717, 1.165) is 11.1 Å². The normalized spacial score (nSPS) is 18.1. The number of ether oxygens (including phenoxy) is 1. The zero-order valence-corrected chi connectivity index (χ0v) is 11.2. The number of fused-ring (bicyclic) bond motifs is 1. The summed E-state index contributed by atoms with van der Waals surface area (Å²) in [4.78, 5) is 0. The quantitative estimate of drug-likeness (QED) is 0.904. The van der Waals surface area contributed by atoms with E-state index >= 15 is 0 Å². The molecule has 2 aromatic carbocycles. The molecule has 1 aliphatic rings. The predicted molar refractivity (Wildman–Crippen MR) is 72.9 cm³/mol. The van der Waals surface area contributed by atoms with Gasteiger partial charge < -0.3 is 10.1 Å². The summed E-state index contributed by atoms with van der Waals surface area (Å²) in [6.07, 6.45) is -4.19. The smallest absolute Gasteiger partial charge is 0.405 e. The van der Waals surface area contributed by atoms with E-state index in [1.54, 1.807) is 6.07 Å². The first-order valence-corrected chi connectivity index (χ1v) is 6.68. The van der Waals surface area contributed by atoms with E-state index in [-0.39, 0.29) is 11.8 Å². The molecule has 1 unspecified atom stereocenters. The van der Waals surface area contributed by atoms with Gasteiger partial charge in [0.25, 0.3) is 0 Å². The van der Waals surface area contributed by atoms with Gasteiger partial charge in [-0.25, -0.2) is 0 Å². The fourth-order valence-electron chi connectivity index (χ4n) is 2.66. The van der Waals surface area contributed by atoms with Crippen molar-refractivity contribution < 1.29 is 17.9 Å². The number of hydrogen-bond acceptors (Lipinski definition) is 2. The number of rotatable bonds is 2. The summed E-state index contributed by atoms with van der Waals surface area (Å²) in [7, 11) is 0. The van der Waals surface area contributed by atoms with Crippen LogP contribution in [0.1, 0.15) is 22.7 Å². The fraction of sp³-hybridized carbons (Fsp3) is 0.250. The first-order chi connectivity index (χ1) is 10.0. The van der Waals surface area contributed by atoms with Crippen LogP contribution >= 0.6 is 0 Å². The Kier molecular flexibility index (Phi) is 3.59. The Morgan fingerprint density at radius 3 is 2.48 bits per heavy atom. The number of benzene rings is 2. The number of nitrogens with one attached hydrogen (secondary N) is 1. The number of alkyl halides is 3. The lowest BCUT2D eigenvalue weighted by molar-refractivity contribution is -0.275. The largest absolute Gasteiger partial charge is 0.573 e. The van der Waals surface area contributed by atoms with Gasteiger partial charge in [0.2, 0.25) is 0 Å². The highest BCUT2D eigenvalue weighted by Gasteiger charge is 2.33. The molecule has 0 amide bonds. The lowest BCUT2D eigenvalue weighted by atomic mass is 9.91. The van der Waals surface area contributed by atoms with Crippen LogP contribution in [0.2, 0.25) is 0 Å². The summed E-state index contributed by atoms with van der Waals surface area (Å²) < 4.78 is 41.6. The Labute approximate surface area is 120 Å². The van der Waals surface area contributed by atoms with E-state index in [9.17, 15) is 13.2 Å². The van der Waals surface area contributed by atoms with Gasteiger partial charge in [-0.2, -0.15) is 0 Å². The maximum absolute atomic E-state index is 12.5. The molecule has 0 spiro atoms. The monoisotopic (exact) mass is 293 g/mol. The Bertz CT molecular complexity index is 625. The second-order valence-corrected chi connectivity index (χ2v) is 4.99. The van der Waals surface area contributed by atoms with Gasteiger partial charge in [-0.1, -0.05) is 42.5 Å². The highest BCUT2D eigenvalue weighted by Crippen LogP contribution is 2.34. The van der Waals surface area contributed by atoms with Crippen molar-refractivity contribution in [1.82, 2.24) is 5.32 Å². The average molecular weight is 293 g/mol. The van der Waals surface area contributed by atoms with Gasteiger partial charge in [0.15, 0.2) is 0 Å². The summed E-state index contributed by atoms with van der Waals surface area (Å²) in [5.74, 6) is -0.0950. The van der Waals surface area contributed by atoms with Gasteiger partial charge in [0, 0.05) is 18.2 Å². The fourth-order valence-corrected chi connectivity index (χ4v) is 2.66. The highest BCUT2D eigenvalue weighted by molar-refractivity contribution is 5.43. The van der Waals surface area contributed by atoms with E-state index in [2.05, 4.69) is 10.1 Å². The number of halogens is 3. The molecule has 0 radical (unpaired) electrons. The van der Waals surface area contributed by atoms with Gasteiger partial charge in [0.05, 0.1) is 0 Å². The van der Waals surface area contributed by atoms with E-state index in [1.165, 1.54) is 6.07 Å². The topological polar surface area (TPSA) is 21.3 Å². The van der Waals surface area contributed by atoms with Gasteiger partial charge in [0.1, 0.15) is 5.75 Å². The minimum absolute atomic E-state index is 0.00307. The zero-order valence-electron chi connectivity index (χ0n) is 11.2. The van der Waals surface area contributed by atoms with Crippen LogP contribution in [0.5, 0.6) is 5.75 Å². The van der Waals surface area contributed by atoms with E-state index in [4.69, 9.17) is 0 Å². The molecule has 0 bridgehead atoms. The van der Waals surface area contributed by atoms with E-state index in [1.807, 2.05) is 36.4 Å². The molecule has 0 saturated heterocycles. The van der Waals surface area contributed by atoms with Crippen LogP contribution < -0.4 is 10.1 Å². The third-order valence-electron chi connectivity index (χ3n) is 3.60. The second-order valence-electron chi connectivity index (χ2n) is 4.99. The molecule has 110 valence electrons. The molecule has 1 N–H and O–H groups in total. The molecule has 21 heavy (non-hydrogen) atoms. The van der Waals surface area contributed by atoms with E-state index < -0.39 is 6.36 Å². The zero-order chi connectivity index (χ0) is 14.9. The third kappa shape index (κ3) is 3.19. The molecule has 0 aromatic heterocycles. The van der Waals surface area contributed by atoms with Crippen LogP contribution in [-0.4, -0.2) is 6.36 Å². The summed E-state index contributed by atoms with van der Waals surface area (Å²) in [6.45, 7) is 0.532. The Morgan fingerprint density at radius 2 is 1.76 bits per heavy atom. The second kappa shape index (κ2) is 5.41. The van der Waals surface area contributed by atoms with Crippen molar-refractivity contribution in [3.8, 4) is 5.75 Å². The Morgan fingerprint density at radius 1 is 1.00 bits per heavy atom. The average Bonchev–Trinajstić information content (AvgIpc) is 2.47. The SMILES string of the molecule is FC(F)(F)Oc1cccc2c1CC(c1ccccc1)NC2. The van der Waals surface area contributed by atoms with Crippen LogP contribution in [0.15, 0.2) is 48.5 Å². The molecule has 0 saturated carbocycles. The van der Waals surface area contributed by atoms with Gasteiger partial charge in [-0.05, 0) is 23.6 Å². The maximum atomic E-state index is 12.5. The lowest BCUT2D eigenvalue weighted by Crippen LogP contribution is -2.29.